The second-order valence-corrected chi connectivity index (χ2v) is 5.70. The van der Waals surface area contributed by atoms with E-state index in [1.54, 1.807) is 0 Å². The summed E-state index contributed by atoms with van der Waals surface area (Å²) in [6.45, 7) is 4.61. The molecule has 1 saturated heterocycles. The first kappa shape index (κ1) is 13.0. The average Bonchev–Trinajstić information content (AvgIpc) is 2.52. The molecule has 0 aliphatic carbocycles. The van der Waals surface area contributed by atoms with Gasteiger partial charge in [0.15, 0.2) is 0 Å². The topological polar surface area (TPSA) is 6.48 Å². The quantitative estimate of drug-likeness (QED) is 0.833. The summed E-state index contributed by atoms with van der Waals surface area (Å²) in [6.07, 6.45) is 0. The van der Waals surface area contributed by atoms with Crippen molar-refractivity contribution < 1.29 is 0 Å². The Bertz CT molecular complexity index is 538. The van der Waals surface area contributed by atoms with E-state index in [1.807, 2.05) is 0 Å². The molecule has 1 heterocycles. The Kier molecular flexibility index (Phi) is 3.64. The first-order valence-corrected chi connectivity index (χ1v) is 7.33. The summed E-state index contributed by atoms with van der Waals surface area (Å²) in [6, 6.07) is 22.0. The molecule has 0 aromatic heterocycles. The standard InChI is InChI=1S/C18H22N2/c1-15-16(13-19(2)17-9-5-3-6-10-17)14-20(15)18-11-7-4-8-12-18/h3-12,15-16H,13-14H2,1-2H3/t15-,16+/m0/s1. The summed E-state index contributed by atoms with van der Waals surface area (Å²) in [5.41, 5.74) is 2.65. The van der Waals surface area contributed by atoms with Crippen molar-refractivity contribution in [2.45, 2.75) is 13.0 Å². The van der Waals surface area contributed by atoms with Crippen LogP contribution in [-0.2, 0) is 0 Å². The Labute approximate surface area is 121 Å². The van der Waals surface area contributed by atoms with Crippen molar-refractivity contribution in [3.63, 3.8) is 0 Å². The molecule has 2 aromatic carbocycles. The maximum Gasteiger partial charge on any atom is 0.0368 e. The van der Waals surface area contributed by atoms with Gasteiger partial charge in [0.2, 0.25) is 0 Å². The molecule has 0 spiro atoms. The lowest BCUT2D eigenvalue weighted by Crippen LogP contribution is -2.58. The molecule has 0 N–H and O–H groups in total. The molecule has 2 heteroatoms. The number of benzene rings is 2. The van der Waals surface area contributed by atoms with Gasteiger partial charge in [0.25, 0.3) is 0 Å². The molecular formula is C18H22N2. The minimum Gasteiger partial charge on any atom is -0.374 e. The van der Waals surface area contributed by atoms with Crippen LogP contribution in [0.25, 0.3) is 0 Å². The summed E-state index contributed by atoms with van der Waals surface area (Å²) in [4.78, 5) is 4.85. The van der Waals surface area contributed by atoms with Crippen LogP contribution < -0.4 is 9.80 Å². The number of nitrogens with zero attached hydrogens (tertiary/aromatic N) is 2. The zero-order valence-corrected chi connectivity index (χ0v) is 12.2. The molecule has 1 aliphatic heterocycles. The zero-order valence-electron chi connectivity index (χ0n) is 12.2. The summed E-state index contributed by atoms with van der Waals surface area (Å²) in [7, 11) is 2.19. The average molecular weight is 266 g/mol. The third-order valence-electron chi connectivity index (χ3n) is 4.40. The van der Waals surface area contributed by atoms with E-state index in [4.69, 9.17) is 0 Å². The molecule has 0 amide bonds. The molecule has 2 aromatic rings. The lowest BCUT2D eigenvalue weighted by Gasteiger charge is -2.49. The van der Waals surface area contributed by atoms with Crippen LogP contribution in [0, 0.1) is 5.92 Å². The van der Waals surface area contributed by atoms with Crippen LogP contribution in [0.15, 0.2) is 60.7 Å². The number of anilines is 2. The summed E-state index contributed by atoms with van der Waals surface area (Å²) >= 11 is 0. The molecule has 0 unspecified atom stereocenters. The van der Waals surface area contributed by atoms with Crippen molar-refractivity contribution >= 4 is 11.4 Å². The predicted octanol–water partition coefficient (Wildman–Crippen LogP) is 3.65. The van der Waals surface area contributed by atoms with Crippen LogP contribution in [0.1, 0.15) is 6.92 Å². The maximum absolute atomic E-state index is 2.49. The minimum atomic E-state index is 0.614. The Hall–Kier alpha value is -1.96. The van der Waals surface area contributed by atoms with Gasteiger partial charge in [0.1, 0.15) is 0 Å². The first-order valence-electron chi connectivity index (χ1n) is 7.33. The van der Waals surface area contributed by atoms with Gasteiger partial charge in [-0.05, 0) is 31.2 Å². The molecule has 0 bridgehead atoms. The zero-order chi connectivity index (χ0) is 13.9. The lowest BCUT2D eigenvalue weighted by atomic mass is 9.88. The first-order chi connectivity index (χ1) is 9.75. The SMILES string of the molecule is C[C@H]1[C@H](CN(C)c2ccccc2)CN1c1ccccc1. The second-order valence-electron chi connectivity index (χ2n) is 5.70. The van der Waals surface area contributed by atoms with E-state index in [1.165, 1.54) is 11.4 Å². The monoisotopic (exact) mass is 266 g/mol. The summed E-state index contributed by atoms with van der Waals surface area (Å²) < 4.78 is 0. The molecule has 20 heavy (non-hydrogen) atoms. The van der Waals surface area contributed by atoms with Gasteiger partial charge in [-0.3, -0.25) is 0 Å². The largest absolute Gasteiger partial charge is 0.374 e. The fourth-order valence-electron chi connectivity index (χ4n) is 3.00. The van der Waals surface area contributed by atoms with Gasteiger partial charge in [0.05, 0.1) is 0 Å². The van der Waals surface area contributed by atoms with Crippen LogP contribution in [-0.4, -0.2) is 26.2 Å². The molecule has 3 rings (SSSR count). The third kappa shape index (κ3) is 2.51. The van der Waals surface area contributed by atoms with Crippen molar-refractivity contribution in [3.05, 3.63) is 60.7 Å². The van der Waals surface area contributed by atoms with Crippen LogP contribution in [0.5, 0.6) is 0 Å². The van der Waals surface area contributed by atoms with Crippen LogP contribution in [0.3, 0.4) is 0 Å². The van der Waals surface area contributed by atoms with E-state index in [-0.39, 0.29) is 0 Å². The Morgan fingerprint density at radius 1 is 1.00 bits per heavy atom. The van der Waals surface area contributed by atoms with Gasteiger partial charge in [0, 0.05) is 43.5 Å². The second kappa shape index (κ2) is 5.58. The normalized spacial score (nSPS) is 21.4. The fraction of sp³-hybridized carbons (Fsp3) is 0.333. The number of hydrogen-bond acceptors (Lipinski definition) is 2. The molecule has 2 nitrogen and oxygen atoms in total. The minimum absolute atomic E-state index is 0.614. The Balaban J connectivity index is 1.59. The van der Waals surface area contributed by atoms with E-state index < -0.39 is 0 Å². The predicted molar refractivity (Wildman–Crippen MR) is 86.5 cm³/mol. The highest BCUT2D eigenvalue weighted by Crippen LogP contribution is 2.31. The molecule has 1 fully saturated rings. The van der Waals surface area contributed by atoms with Gasteiger partial charge < -0.3 is 9.80 Å². The van der Waals surface area contributed by atoms with Crippen LogP contribution in [0.2, 0.25) is 0 Å². The maximum atomic E-state index is 2.49. The van der Waals surface area contributed by atoms with Crippen molar-refractivity contribution in [1.29, 1.82) is 0 Å². The van der Waals surface area contributed by atoms with Crippen molar-refractivity contribution in [2.75, 3.05) is 29.9 Å². The highest BCUT2D eigenvalue weighted by atomic mass is 15.2. The van der Waals surface area contributed by atoms with Gasteiger partial charge >= 0.3 is 0 Å². The number of para-hydroxylation sites is 2. The number of hydrogen-bond donors (Lipinski definition) is 0. The van der Waals surface area contributed by atoms with E-state index in [0.29, 0.717) is 6.04 Å². The van der Waals surface area contributed by atoms with Crippen molar-refractivity contribution in [2.24, 2.45) is 5.92 Å². The van der Waals surface area contributed by atoms with Gasteiger partial charge in [-0.2, -0.15) is 0 Å². The van der Waals surface area contributed by atoms with E-state index >= 15 is 0 Å². The molecular weight excluding hydrogens is 244 g/mol. The third-order valence-corrected chi connectivity index (χ3v) is 4.40. The smallest absolute Gasteiger partial charge is 0.0368 e. The number of rotatable bonds is 4. The fourth-order valence-corrected chi connectivity index (χ4v) is 3.00. The highest BCUT2D eigenvalue weighted by molar-refractivity contribution is 5.51. The summed E-state index contributed by atoms with van der Waals surface area (Å²) in [5, 5.41) is 0. The van der Waals surface area contributed by atoms with Gasteiger partial charge in [-0.1, -0.05) is 36.4 Å². The molecule has 1 aliphatic rings. The highest BCUT2D eigenvalue weighted by Gasteiger charge is 2.35. The van der Waals surface area contributed by atoms with Crippen LogP contribution >= 0.6 is 0 Å². The molecule has 0 radical (unpaired) electrons. The summed E-state index contributed by atoms with van der Waals surface area (Å²) in [5.74, 6) is 0.736. The molecule has 104 valence electrons. The van der Waals surface area contributed by atoms with E-state index in [9.17, 15) is 0 Å². The van der Waals surface area contributed by atoms with Gasteiger partial charge in [-0.15, -0.1) is 0 Å². The van der Waals surface area contributed by atoms with Crippen molar-refractivity contribution in [3.8, 4) is 0 Å². The Morgan fingerprint density at radius 2 is 1.60 bits per heavy atom. The molecule has 0 saturated carbocycles. The van der Waals surface area contributed by atoms with Gasteiger partial charge in [-0.25, -0.2) is 0 Å². The van der Waals surface area contributed by atoms with Crippen molar-refractivity contribution in [1.82, 2.24) is 0 Å². The van der Waals surface area contributed by atoms with E-state index in [0.717, 1.165) is 19.0 Å². The molecule has 2 atom stereocenters. The van der Waals surface area contributed by atoms with E-state index in [2.05, 4.69) is 84.4 Å². The lowest BCUT2D eigenvalue weighted by molar-refractivity contribution is 0.317. The Morgan fingerprint density at radius 3 is 2.20 bits per heavy atom. The van der Waals surface area contributed by atoms with Crippen LogP contribution in [0.4, 0.5) is 11.4 Å².